The van der Waals surface area contributed by atoms with Gasteiger partial charge in [0, 0.05) is 27.3 Å². The quantitative estimate of drug-likeness (QED) is 0.718. The molecule has 1 aliphatic rings. The fourth-order valence-corrected chi connectivity index (χ4v) is 3.92. The molecule has 120 valence electrons. The van der Waals surface area contributed by atoms with E-state index in [9.17, 15) is 9.90 Å². The minimum Gasteiger partial charge on any atom is -0.508 e. The van der Waals surface area contributed by atoms with Crippen LogP contribution < -0.4 is 5.56 Å². The Morgan fingerprint density at radius 1 is 1.12 bits per heavy atom. The monoisotopic (exact) mass is 356 g/mol. The standard InChI is InChI=1S/C18H13ClN2O2S/c19-12-1-3-13(4-2-12)21-17(23)9-11-7-8-24-16-6-5-14(22)10-15(16)18(11)20-21/h1-6,9-10,22H,7-8H2. The second-order valence-electron chi connectivity index (χ2n) is 5.52. The molecule has 0 amide bonds. The van der Waals surface area contributed by atoms with E-state index in [1.54, 1.807) is 54.2 Å². The summed E-state index contributed by atoms with van der Waals surface area (Å²) < 4.78 is 1.37. The average Bonchev–Trinajstić information content (AvgIpc) is 2.74. The van der Waals surface area contributed by atoms with Crippen LogP contribution >= 0.6 is 23.4 Å². The number of aromatic hydroxyl groups is 1. The Morgan fingerprint density at radius 2 is 1.92 bits per heavy atom. The number of phenols is 1. The summed E-state index contributed by atoms with van der Waals surface area (Å²) in [6.07, 6.45) is 0.763. The molecule has 0 fully saturated rings. The number of rotatable bonds is 1. The Balaban J connectivity index is 1.96. The average molecular weight is 357 g/mol. The van der Waals surface area contributed by atoms with Gasteiger partial charge in [-0.2, -0.15) is 9.78 Å². The van der Waals surface area contributed by atoms with Crippen LogP contribution in [0.2, 0.25) is 5.02 Å². The van der Waals surface area contributed by atoms with Crippen molar-refractivity contribution in [2.24, 2.45) is 0 Å². The summed E-state index contributed by atoms with van der Waals surface area (Å²) >= 11 is 7.63. The summed E-state index contributed by atoms with van der Waals surface area (Å²) in [5.41, 5.74) is 2.98. The molecule has 6 heteroatoms. The van der Waals surface area contributed by atoms with Crippen LogP contribution in [0.4, 0.5) is 0 Å². The third-order valence-electron chi connectivity index (χ3n) is 3.93. The van der Waals surface area contributed by atoms with Crippen LogP contribution in [0.5, 0.6) is 5.75 Å². The smallest absolute Gasteiger partial charge is 0.271 e. The molecule has 1 aliphatic heterocycles. The van der Waals surface area contributed by atoms with Crippen molar-refractivity contribution in [2.45, 2.75) is 11.3 Å². The van der Waals surface area contributed by atoms with Crippen LogP contribution in [0.1, 0.15) is 5.56 Å². The number of phenolic OH excluding ortho intramolecular Hbond substituents is 1. The van der Waals surface area contributed by atoms with Gasteiger partial charge in [-0.3, -0.25) is 4.79 Å². The van der Waals surface area contributed by atoms with Crippen molar-refractivity contribution in [1.29, 1.82) is 0 Å². The molecule has 0 bridgehead atoms. The number of aromatic nitrogens is 2. The fraction of sp³-hybridized carbons (Fsp3) is 0.111. The molecule has 0 radical (unpaired) electrons. The minimum absolute atomic E-state index is 0.176. The van der Waals surface area contributed by atoms with Gasteiger partial charge in [-0.05, 0) is 54.4 Å². The van der Waals surface area contributed by atoms with E-state index in [-0.39, 0.29) is 11.3 Å². The first-order valence-corrected chi connectivity index (χ1v) is 8.83. The van der Waals surface area contributed by atoms with Crippen molar-refractivity contribution in [3.05, 3.63) is 69.5 Å². The van der Waals surface area contributed by atoms with E-state index in [4.69, 9.17) is 11.6 Å². The van der Waals surface area contributed by atoms with Crippen LogP contribution in [0.25, 0.3) is 16.9 Å². The molecule has 4 rings (SSSR count). The highest BCUT2D eigenvalue weighted by molar-refractivity contribution is 7.99. The summed E-state index contributed by atoms with van der Waals surface area (Å²) in [5, 5.41) is 15.1. The maximum absolute atomic E-state index is 12.5. The Morgan fingerprint density at radius 3 is 2.71 bits per heavy atom. The van der Waals surface area contributed by atoms with Gasteiger partial charge in [0.2, 0.25) is 0 Å². The molecule has 24 heavy (non-hydrogen) atoms. The zero-order valence-electron chi connectivity index (χ0n) is 12.6. The Bertz CT molecular complexity index is 983. The van der Waals surface area contributed by atoms with E-state index in [0.717, 1.165) is 33.9 Å². The van der Waals surface area contributed by atoms with E-state index in [2.05, 4.69) is 5.10 Å². The van der Waals surface area contributed by atoms with Gasteiger partial charge in [-0.25, -0.2) is 0 Å². The van der Waals surface area contributed by atoms with Gasteiger partial charge >= 0.3 is 0 Å². The number of hydrogen-bond donors (Lipinski definition) is 1. The molecule has 0 atom stereocenters. The summed E-state index contributed by atoms with van der Waals surface area (Å²) in [4.78, 5) is 13.5. The second kappa shape index (κ2) is 6.00. The molecule has 0 spiro atoms. The lowest BCUT2D eigenvalue weighted by atomic mass is 10.0. The number of nitrogens with zero attached hydrogens (tertiary/aromatic N) is 2. The molecule has 0 unspecified atom stereocenters. The minimum atomic E-state index is -0.176. The Labute approximate surface area is 147 Å². The number of hydrogen-bond acceptors (Lipinski definition) is 4. The molecular weight excluding hydrogens is 344 g/mol. The van der Waals surface area contributed by atoms with Crippen LogP contribution in [0.3, 0.4) is 0 Å². The lowest BCUT2D eigenvalue weighted by Crippen LogP contribution is -2.22. The third-order valence-corrected chi connectivity index (χ3v) is 5.26. The zero-order chi connectivity index (χ0) is 16.7. The first-order chi connectivity index (χ1) is 11.6. The Hall–Kier alpha value is -2.24. The molecular formula is C18H13ClN2O2S. The molecule has 2 heterocycles. The topological polar surface area (TPSA) is 55.1 Å². The van der Waals surface area contributed by atoms with Crippen molar-refractivity contribution in [2.75, 3.05) is 5.75 Å². The largest absolute Gasteiger partial charge is 0.508 e. The number of aryl methyl sites for hydroxylation is 1. The third kappa shape index (κ3) is 2.70. The van der Waals surface area contributed by atoms with Crippen LogP contribution in [0.15, 0.2) is 58.2 Å². The van der Waals surface area contributed by atoms with E-state index >= 15 is 0 Å². The SMILES string of the molecule is O=c1cc2c(nn1-c1ccc(Cl)cc1)-c1cc(O)ccc1SCC2. The van der Waals surface area contributed by atoms with Gasteiger partial charge in [0.05, 0.1) is 11.4 Å². The molecule has 0 saturated heterocycles. The second-order valence-corrected chi connectivity index (χ2v) is 7.10. The highest BCUT2D eigenvalue weighted by Crippen LogP contribution is 2.37. The van der Waals surface area contributed by atoms with Gasteiger partial charge in [-0.1, -0.05) is 11.6 Å². The zero-order valence-corrected chi connectivity index (χ0v) is 14.1. The molecule has 3 aromatic rings. The fourth-order valence-electron chi connectivity index (χ4n) is 2.78. The van der Waals surface area contributed by atoms with Gasteiger partial charge < -0.3 is 5.11 Å². The predicted octanol–water partition coefficient (Wildman–Crippen LogP) is 3.91. The van der Waals surface area contributed by atoms with E-state index < -0.39 is 0 Å². The van der Waals surface area contributed by atoms with Crippen molar-refractivity contribution < 1.29 is 5.11 Å². The lowest BCUT2D eigenvalue weighted by Gasteiger charge is -2.11. The van der Waals surface area contributed by atoms with Crippen molar-refractivity contribution in [3.8, 4) is 22.7 Å². The molecule has 0 saturated carbocycles. The Kier molecular flexibility index (Phi) is 3.82. The summed E-state index contributed by atoms with van der Waals surface area (Å²) in [7, 11) is 0. The molecule has 1 N–H and O–H groups in total. The molecule has 4 nitrogen and oxygen atoms in total. The lowest BCUT2D eigenvalue weighted by molar-refractivity contribution is 0.475. The number of benzene rings is 2. The van der Waals surface area contributed by atoms with E-state index in [0.29, 0.717) is 10.7 Å². The van der Waals surface area contributed by atoms with Crippen LogP contribution in [-0.2, 0) is 6.42 Å². The van der Waals surface area contributed by atoms with E-state index in [1.165, 1.54) is 4.68 Å². The first kappa shape index (κ1) is 15.3. The van der Waals surface area contributed by atoms with Gasteiger partial charge in [0.25, 0.3) is 5.56 Å². The molecule has 0 aliphatic carbocycles. The van der Waals surface area contributed by atoms with Gasteiger partial charge in [0.1, 0.15) is 5.75 Å². The van der Waals surface area contributed by atoms with Gasteiger partial charge in [-0.15, -0.1) is 11.8 Å². The number of fused-ring (bicyclic) bond motifs is 3. The van der Waals surface area contributed by atoms with Gasteiger partial charge in [0.15, 0.2) is 0 Å². The van der Waals surface area contributed by atoms with E-state index in [1.807, 2.05) is 6.07 Å². The molecule has 1 aromatic heterocycles. The van der Waals surface area contributed by atoms with Crippen LogP contribution in [-0.4, -0.2) is 20.6 Å². The highest BCUT2D eigenvalue weighted by Gasteiger charge is 2.19. The van der Waals surface area contributed by atoms with Crippen LogP contribution in [0, 0.1) is 0 Å². The number of halogens is 1. The summed E-state index contributed by atoms with van der Waals surface area (Å²) in [6, 6.07) is 13.9. The normalized spacial score (nSPS) is 13.0. The highest BCUT2D eigenvalue weighted by atomic mass is 35.5. The summed E-state index contributed by atoms with van der Waals surface area (Å²) in [6.45, 7) is 0. The summed E-state index contributed by atoms with van der Waals surface area (Å²) in [5.74, 6) is 1.06. The van der Waals surface area contributed by atoms with Crippen molar-refractivity contribution >= 4 is 23.4 Å². The maximum atomic E-state index is 12.5. The predicted molar refractivity (Wildman–Crippen MR) is 96.4 cm³/mol. The molecule has 2 aromatic carbocycles. The number of thioether (sulfide) groups is 1. The van der Waals surface area contributed by atoms with Crippen molar-refractivity contribution in [3.63, 3.8) is 0 Å². The first-order valence-electron chi connectivity index (χ1n) is 7.47. The maximum Gasteiger partial charge on any atom is 0.271 e. The van der Waals surface area contributed by atoms with Crippen molar-refractivity contribution in [1.82, 2.24) is 9.78 Å².